The summed E-state index contributed by atoms with van der Waals surface area (Å²) in [5, 5.41) is 7.41. The molecule has 0 amide bonds. The summed E-state index contributed by atoms with van der Waals surface area (Å²) in [7, 11) is 0. The van der Waals surface area contributed by atoms with Gasteiger partial charge in [0.1, 0.15) is 0 Å². The highest BCUT2D eigenvalue weighted by molar-refractivity contribution is 5.62. The van der Waals surface area contributed by atoms with Crippen molar-refractivity contribution in [2.75, 3.05) is 0 Å². The zero-order valence-electron chi connectivity index (χ0n) is 11.6. The Kier molecular flexibility index (Phi) is 2.79. The molecule has 0 unspecified atom stereocenters. The van der Waals surface area contributed by atoms with E-state index in [1.54, 1.807) is 12.4 Å². The zero-order valence-corrected chi connectivity index (χ0v) is 11.6. The van der Waals surface area contributed by atoms with E-state index in [0.29, 0.717) is 11.7 Å². The Morgan fingerprint density at radius 2 is 2.05 bits per heavy atom. The van der Waals surface area contributed by atoms with Crippen LogP contribution in [0.4, 0.5) is 0 Å². The summed E-state index contributed by atoms with van der Waals surface area (Å²) in [6, 6.07) is 8.19. The molecule has 0 fully saturated rings. The third-order valence-electron chi connectivity index (χ3n) is 3.79. The van der Waals surface area contributed by atoms with Crippen molar-refractivity contribution in [3.05, 3.63) is 53.3 Å². The van der Waals surface area contributed by atoms with Crippen molar-refractivity contribution in [3.63, 3.8) is 0 Å². The van der Waals surface area contributed by atoms with E-state index in [9.17, 15) is 0 Å². The van der Waals surface area contributed by atoms with Crippen LogP contribution >= 0.6 is 0 Å². The van der Waals surface area contributed by atoms with Crippen LogP contribution in [0.5, 0.6) is 0 Å². The Morgan fingerprint density at radius 3 is 2.95 bits per heavy atom. The molecule has 0 aliphatic carbocycles. The Labute approximate surface area is 122 Å². The van der Waals surface area contributed by atoms with Gasteiger partial charge in [-0.1, -0.05) is 11.2 Å². The van der Waals surface area contributed by atoms with Crippen molar-refractivity contribution in [2.45, 2.75) is 20.0 Å². The number of hydrogen-bond acceptors (Lipinski definition) is 5. The average Bonchev–Trinajstić information content (AvgIpc) is 3.16. The van der Waals surface area contributed by atoms with Crippen LogP contribution in [0, 0.1) is 6.92 Å². The van der Waals surface area contributed by atoms with Gasteiger partial charge in [0.25, 0.3) is 5.89 Å². The van der Waals surface area contributed by atoms with Crippen molar-refractivity contribution in [1.29, 1.82) is 0 Å². The van der Waals surface area contributed by atoms with Gasteiger partial charge in [0.2, 0.25) is 5.82 Å². The summed E-state index contributed by atoms with van der Waals surface area (Å²) >= 11 is 0. The molecule has 4 rings (SSSR count). The maximum atomic E-state index is 5.41. The second-order valence-corrected chi connectivity index (χ2v) is 5.20. The van der Waals surface area contributed by atoms with Crippen LogP contribution in [0.15, 0.2) is 41.2 Å². The minimum atomic E-state index is 0.544. The topological polar surface area (TPSA) is 63.8 Å². The molecular formula is C16H14N4O. The van der Waals surface area contributed by atoms with Gasteiger partial charge in [0, 0.05) is 36.6 Å². The fourth-order valence-electron chi connectivity index (χ4n) is 2.58. The molecule has 0 radical (unpaired) electrons. The van der Waals surface area contributed by atoms with Gasteiger partial charge in [-0.25, -0.2) is 0 Å². The van der Waals surface area contributed by atoms with Crippen LogP contribution in [-0.4, -0.2) is 15.1 Å². The SMILES string of the molecule is Cc1ccncc1-c1noc(-c2ccc3c(c2)CNC3)n1. The summed E-state index contributed by atoms with van der Waals surface area (Å²) in [6.45, 7) is 3.83. The highest BCUT2D eigenvalue weighted by Crippen LogP contribution is 2.26. The van der Waals surface area contributed by atoms with Gasteiger partial charge in [-0.2, -0.15) is 4.98 Å². The summed E-state index contributed by atoms with van der Waals surface area (Å²) in [4.78, 5) is 8.62. The molecule has 5 heteroatoms. The molecule has 0 bridgehead atoms. The molecule has 1 aromatic carbocycles. The number of nitrogens with one attached hydrogen (secondary N) is 1. The predicted molar refractivity (Wildman–Crippen MR) is 78.2 cm³/mol. The summed E-state index contributed by atoms with van der Waals surface area (Å²) in [5.41, 5.74) is 5.56. The fraction of sp³-hybridized carbons (Fsp3) is 0.188. The quantitative estimate of drug-likeness (QED) is 0.781. The lowest BCUT2D eigenvalue weighted by Crippen LogP contribution is -1.99. The van der Waals surface area contributed by atoms with Gasteiger partial charge < -0.3 is 9.84 Å². The summed E-state index contributed by atoms with van der Waals surface area (Å²) in [5.74, 6) is 1.12. The normalized spacial score (nSPS) is 13.4. The van der Waals surface area contributed by atoms with Crippen LogP contribution in [-0.2, 0) is 13.1 Å². The van der Waals surface area contributed by atoms with Crippen LogP contribution in [0.25, 0.3) is 22.8 Å². The Hall–Kier alpha value is -2.53. The first-order valence-corrected chi connectivity index (χ1v) is 6.89. The molecule has 0 saturated carbocycles. The van der Waals surface area contributed by atoms with Crippen LogP contribution in [0.3, 0.4) is 0 Å². The first-order chi connectivity index (χ1) is 10.3. The van der Waals surface area contributed by atoms with Gasteiger partial charge in [0.15, 0.2) is 0 Å². The van der Waals surface area contributed by atoms with E-state index in [1.807, 2.05) is 19.1 Å². The van der Waals surface area contributed by atoms with Crippen molar-refractivity contribution in [2.24, 2.45) is 0 Å². The van der Waals surface area contributed by atoms with Crippen LogP contribution in [0.2, 0.25) is 0 Å². The lowest BCUT2D eigenvalue weighted by atomic mass is 10.1. The highest BCUT2D eigenvalue weighted by Gasteiger charge is 2.15. The average molecular weight is 278 g/mol. The Balaban J connectivity index is 1.73. The van der Waals surface area contributed by atoms with Crippen molar-refractivity contribution < 1.29 is 4.52 Å². The third kappa shape index (κ3) is 2.11. The minimum absolute atomic E-state index is 0.544. The Morgan fingerprint density at radius 1 is 1.14 bits per heavy atom. The summed E-state index contributed by atoms with van der Waals surface area (Å²) in [6.07, 6.45) is 3.52. The van der Waals surface area contributed by atoms with Crippen molar-refractivity contribution in [3.8, 4) is 22.8 Å². The van der Waals surface area contributed by atoms with Crippen LogP contribution in [0.1, 0.15) is 16.7 Å². The maximum absolute atomic E-state index is 5.41. The second-order valence-electron chi connectivity index (χ2n) is 5.20. The first kappa shape index (κ1) is 12.2. The lowest BCUT2D eigenvalue weighted by Gasteiger charge is -1.99. The lowest BCUT2D eigenvalue weighted by molar-refractivity contribution is 0.432. The molecule has 1 N–H and O–H groups in total. The molecule has 21 heavy (non-hydrogen) atoms. The fourth-order valence-corrected chi connectivity index (χ4v) is 2.58. The van der Waals surface area contributed by atoms with E-state index in [-0.39, 0.29) is 0 Å². The summed E-state index contributed by atoms with van der Waals surface area (Å²) < 4.78 is 5.41. The standard InChI is InChI=1S/C16H14N4O/c1-10-4-5-17-9-14(10)15-19-16(21-20-15)11-2-3-12-7-18-8-13(12)6-11/h2-6,9,18H,7-8H2,1H3. The molecule has 0 atom stereocenters. The first-order valence-electron chi connectivity index (χ1n) is 6.89. The minimum Gasteiger partial charge on any atom is -0.334 e. The molecule has 0 saturated heterocycles. The van der Waals surface area contributed by atoms with Crippen molar-refractivity contribution in [1.82, 2.24) is 20.4 Å². The van der Waals surface area contributed by atoms with Gasteiger partial charge in [-0.15, -0.1) is 0 Å². The zero-order chi connectivity index (χ0) is 14.2. The van der Waals surface area contributed by atoms with Gasteiger partial charge >= 0.3 is 0 Å². The number of aromatic nitrogens is 3. The molecule has 0 spiro atoms. The van der Waals surface area contributed by atoms with E-state index in [2.05, 4.69) is 32.6 Å². The number of fused-ring (bicyclic) bond motifs is 1. The highest BCUT2D eigenvalue weighted by atomic mass is 16.5. The third-order valence-corrected chi connectivity index (χ3v) is 3.79. The van der Waals surface area contributed by atoms with E-state index in [4.69, 9.17) is 4.52 Å². The molecule has 2 aromatic heterocycles. The number of pyridine rings is 1. The monoisotopic (exact) mass is 278 g/mol. The molecular weight excluding hydrogens is 264 g/mol. The number of hydrogen-bond donors (Lipinski definition) is 1. The molecule has 104 valence electrons. The van der Waals surface area contributed by atoms with E-state index in [1.165, 1.54) is 11.1 Å². The Bertz CT molecular complexity index is 810. The van der Waals surface area contributed by atoms with E-state index in [0.717, 1.165) is 29.8 Å². The molecule has 1 aliphatic heterocycles. The van der Waals surface area contributed by atoms with E-state index < -0.39 is 0 Å². The van der Waals surface area contributed by atoms with Gasteiger partial charge in [-0.05, 0) is 41.8 Å². The predicted octanol–water partition coefficient (Wildman–Crippen LogP) is 2.71. The van der Waals surface area contributed by atoms with Gasteiger partial charge in [0.05, 0.1) is 0 Å². The largest absolute Gasteiger partial charge is 0.334 e. The number of rotatable bonds is 2. The molecule has 5 nitrogen and oxygen atoms in total. The van der Waals surface area contributed by atoms with Crippen molar-refractivity contribution >= 4 is 0 Å². The molecule has 3 heterocycles. The molecule has 3 aromatic rings. The smallest absolute Gasteiger partial charge is 0.258 e. The number of nitrogens with zero attached hydrogens (tertiary/aromatic N) is 3. The maximum Gasteiger partial charge on any atom is 0.258 e. The second kappa shape index (κ2) is 4.79. The number of aryl methyl sites for hydroxylation is 1. The van der Waals surface area contributed by atoms with Crippen LogP contribution < -0.4 is 5.32 Å². The van der Waals surface area contributed by atoms with E-state index >= 15 is 0 Å². The van der Waals surface area contributed by atoms with Gasteiger partial charge in [-0.3, -0.25) is 4.98 Å². The molecule has 1 aliphatic rings. The number of benzene rings is 1.